The fourth-order valence-electron chi connectivity index (χ4n) is 8.70. The Labute approximate surface area is 358 Å². The number of aryl methyl sites for hydroxylation is 2. The molecule has 2 aromatic heterocycles. The van der Waals surface area contributed by atoms with Gasteiger partial charge in [0.05, 0.1) is 49.0 Å². The van der Waals surface area contributed by atoms with Gasteiger partial charge < -0.3 is 24.8 Å². The average Bonchev–Trinajstić information content (AvgIpc) is 4.01. The monoisotopic (exact) mass is 848 g/mol. The minimum Gasteiger partial charge on any atom is -0.444 e. The Morgan fingerprint density at radius 2 is 1.20 bits per heavy atom. The number of hydrogen-bond donors (Lipinski definition) is 1. The van der Waals surface area contributed by atoms with Gasteiger partial charge in [-0.05, 0) is 132 Å². The third kappa shape index (κ3) is 11.1. The first-order valence-corrected chi connectivity index (χ1v) is 21.0. The molecule has 2 saturated heterocycles. The molecule has 0 saturated carbocycles. The van der Waals surface area contributed by atoms with E-state index in [9.17, 15) is 23.2 Å². The number of carbonyl (C=O) groups is 3. The Kier molecular flexibility index (Phi) is 14.4. The van der Waals surface area contributed by atoms with E-state index in [-0.39, 0.29) is 47.9 Å². The minimum atomic E-state index is -0.522. The zero-order valence-corrected chi connectivity index (χ0v) is 36.3. The summed E-state index contributed by atoms with van der Waals surface area (Å²) in [4.78, 5) is 43.7. The van der Waals surface area contributed by atoms with Crippen LogP contribution in [0, 0.1) is 37.3 Å². The van der Waals surface area contributed by atoms with Crippen molar-refractivity contribution in [2.75, 3.05) is 39.3 Å². The van der Waals surface area contributed by atoms with Crippen molar-refractivity contribution in [3.8, 4) is 0 Å². The van der Waals surface area contributed by atoms with E-state index in [1.807, 2.05) is 53.8 Å². The molecule has 0 aliphatic carbocycles. The normalized spacial score (nSPS) is 18.6. The highest BCUT2D eigenvalue weighted by atomic mass is 35.5. The molecule has 2 aromatic carbocycles. The van der Waals surface area contributed by atoms with Crippen LogP contribution >= 0.6 is 12.4 Å². The van der Waals surface area contributed by atoms with Crippen LogP contribution in [0.25, 0.3) is 0 Å². The zero-order chi connectivity index (χ0) is 41.8. The Balaban J connectivity index is 0.000000203. The van der Waals surface area contributed by atoms with Crippen molar-refractivity contribution in [2.45, 2.75) is 105 Å². The van der Waals surface area contributed by atoms with Gasteiger partial charge in [-0.2, -0.15) is 10.2 Å². The van der Waals surface area contributed by atoms with Crippen LogP contribution in [0.4, 0.5) is 13.6 Å². The van der Waals surface area contributed by atoms with Crippen LogP contribution in [-0.4, -0.2) is 97.0 Å². The first kappa shape index (κ1) is 44.7. The van der Waals surface area contributed by atoms with E-state index in [0.29, 0.717) is 64.6 Å². The van der Waals surface area contributed by atoms with Crippen LogP contribution < -0.4 is 5.32 Å². The van der Waals surface area contributed by atoms with Crippen LogP contribution in [0.5, 0.6) is 0 Å². The topological polar surface area (TPSA) is 118 Å². The molecule has 4 aromatic rings. The molecule has 4 aliphatic rings. The SMILES string of the molecule is Cc1nn(Cc2ccc(F)cc2)c2c1CCN(C(=O)CC1CCN(C(=O)OC(C)(C)C)C1)C2.Cc1nn(Cc2ccc(F)cc2)c2c1CCN(C(=O)CC1CCNC1)C2.Cl. The Bertz CT molecular complexity index is 2130. The summed E-state index contributed by atoms with van der Waals surface area (Å²) in [5.41, 5.74) is 8.13. The van der Waals surface area contributed by atoms with E-state index in [2.05, 4.69) is 10.4 Å². The smallest absolute Gasteiger partial charge is 0.410 e. The van der Waals surface area contributed by atoms with Crippen LogP contribution in [0.15, 0.2) is 48.5 Å². The van der Waals surface area contributed by atoms with Crippen LogP contribution in [0.2, 0.25) is 0 Å². The number of hydrogen-bond acceptors (Lipinski definition) is 7. The standard InChI is InChI=1S/C25H33FN4O3.C20H25FN4O.ClH/c1-17-21-10-12-28(16-22(21)30(27-17)15-18-5-7-20(26)8-6-18)23(31)13-19-9-11-29(14-19)24(32)33-25(2,3)4;1-14-18-7-9-24(20(26)10-16-6-8-22-11-16)13-19(18)25(23-14)12-15-2-4-17(21)5-3-15;/h5-8,19H,9-16H2,1-4H3;2-5,16,22H,6-13H2,1H3;1H. The summed E-state index contributed by atoms with van der Waals surface area (Å²) in [6.07, 6.45) is 4.30. The number of halogens is 3. The second-order valence-electron chi connectivity index (χ2n) is 17.6. The lowest BCUT2D eigenvalue weighted by Crippen LogP contribution is -2.38. The van der Waals surface area contributed by atoms with Crippen molar-refractivity contribution in [1.82, 2.24) is 39.6 Å². The van der Waals surface area contributed by atoms with Gasteiger partial charge in [0.1, 0.15) is 17.2 Å². The molecule has 15 heteroatoms. The largest absolute Gasteiger partial charge is 0.444 e. The average molecular weight is 849 g/mol. The summed E-state index contributed by atoms with van der Waals surface area (Å²) in [7, 11) is 0. The molecule has 0 radical (unpaired) electrons. The maximum absolute atomic E-state index is 13.3. The number of carbonyl (C=O) groups excluding carboxylic acids is 3. The molecule has 6 heterocycles. The molecule has 12 nitrogen and oxygen atoms in total. The van der Waals surface area contributed by atoms with E-state index < -0.39 is 5.60 Å². The van der Waals surface area contributed by atoms with Crippen molar-refractivity contribution < 1.29 is 27.9 Å². The third-order valence-corrected chi connectivity index (χ3v) is 11.9. The Morgan fingerprint density at radius 3 is 1.65 bits per heavy atom. The number of ether oxygens (including phenoxy) is 1. The zero-order valence-electron chi connectivity index (χ0n) is 35.5. The first-order chi connectivity index (χ1) is 28.2. The molecular formula is C45H59ClF2N8O4. The van der Waals surface area contributed by atoms with Crippen LogP contribution in [0.3, 0.4) is 0 Å². The van der Waals surface area contributed by atoms with Crippen molar-refractivity contribution >= 4 is 30.3 Å². The summed E-state index contributed by atoms with van der Waals surface area (Å²) in [6, 6.07) is 13.0. The molecular weight excluding hydrogens is 790 g/mol. The van der Waals surface area contributed by atoms with Gasteiger partial charge in [-0.1, -0.05) is 24.3 Å². The molecule has 3 amide bonds. The van der Waals surface area contributed by atoms with Crippen molar-refractivity contribution in [3.63, 3.8) is 0 Å². The van der Waals surface area contributed by atoms with Gasteiger partial charge in [-0.25, -0.2) is 13.6 Å². The van der Waals surface area contributed by atoms with E-state index >= 15 is 0 Å². The minimum absolute atomic E-state index is 0. The number of nitrogens with one attached hydrogen (secondary N) is 1. The summed E-state index contributed by atoms with van der Waals surface area (Å²) >= 11 is 0. The number of rotatable bonds is 8. The van der Waals surface area contributed by atoms with E-state index in [0.717, 1.165) is 79.2 Å². The second-order valence-corrected chi connectivity index (χ2v) is 17.6. The molecule has 4 aliphatic heterocycles. The maximum atomic E-state index is 13.3. The van der Waals surface area contributed by atoms with Gasteiger partial charge in [-0.15, -0.1) is 12.4 Å². The maximum Gasteiger partial charge on any atom is 0.410 e. The van der Waals surface area contributed by atoms with E-state index in [4.69, 9.17) is 9.84 Å². The predicted molar refractivity (Wildman–Crippen MR) is 227 cm³/mol. The number of likely N-dealkylation sites (tertiary alicyclic amines) is 1. The summed E-state index contributed by atoms with van der Waals surface area (Å²) < 4.78 is 35.8. The fraction of sp³-hybridized carbons (Fsp3) is 0.533. The molecule has 0 spiro atoms. The van der Waals surface area contributed by atoms with Gasteiger partial charge in [0.25, 0.3) is 0 Å². The molecule has 60 heavy (non-hydrogen) atoms. The van der Waals surface area contributed by atoms with Crippen LogP contribution in [0.1, 0.15) is 91.5 Å². The number of amides is 3. The fourth-order valence-corrected chi connectivity index (χ4v) is 8.70. The molecule has 1 N–H and O–H groups in total. The molecule has 2 fully saturated rings. The Hall–Kier alpha value is -4.82. The quantitative estimate of drug-likeness (QED) is 0.213. The highest BCUT2D eigenvalue weighted by Crippen LogP contribution is 2.28. The summed E-state index contributed by atoms with van der Waals surface area (Å²) in [5, 5.41) is 12.7. The molecule has 2 atom stereocenters. The van der Waals surface area contributed by atoms with E-state index in [1.54, 1.807) is 29.2 Å². The Morgan fingerprint density at radius 1 is 0.717 bits per heavy atom. The summed E-state index contributed by atoms with van der Waals surface area (Å²) in [6.45, 7) is 16.5. The van der Waals surface area contributed by atoms with Gasteiger partial charge in [0.15, 0.2) is 0 Å². The number of aromatic nitrogens is 4. The number of fused-ring (bicyclic) bond motifs is 2. The van der Waals surface area contributed by atoms with Crippen LogP contribution in [-0.2, 0) is 53.3 Å². The number of nitrogens with zero attached hydrogens (tertiary/aromatic N) is 7. The molecule has 2 unspecified atom stereocenters. The lowest BCUT2D eigenvalue weighted by Gasteiger charge is -2.29. The third-order valence-electron chi connectivity index (χ3n) is 11.9. The molecule has 0 bridgehead atoms. The van der Waals surface area contributed by atoms with Gasteiger partial charge >= 0.3 is 6.09 Å². The van der Waals surface area contributed by atoms with Gasteiger partial charge in [-0.3, -0.25) is 19.0 Å². The lowest BCUT2D eigenvalue weighted by atomic mass is 10.0. The van der Waals surface area contributed by atoms with Crippen molar-refractivity contribution in [2.24, 2.45) is 11.8 Å². The molecule has 324 valence electrons. The van der Waals surface area contributed by atoms with Crippen molar-refractivity contribution in [3.05, 3.63) is 105 Å². The highest BCUT2D eigenvalue weighted by Gasteiger charge is 2.34. The second kappa shape index (κ2) is 19.3. The van der Waals surface area contributed by atoms with Gasteiger partial charge in [0.2, 0.25) is 11.8 Å². The predicted octanol–water partition coefficient (Wildman–Crippen LogP) is 6.60. The van der Waals surface area contributed by atoms with Gasteiger partial charge in [0, 0.05) is 39.0 Å². The van der Waals surface area contributed by atoms with E-state index in [1.165, 1.54) is 35.4 Å². The number of benzene rings is 2. The highest BCUT2D eigenvalue weighted by molar-refractivity contribution is 5.85. The molecule has 8 rings (SSSR count). The first-order valence-electron chi connectivity index (χ1n) is 21.0. The lowest BCUT2D eigenvalue weighted by molar-refractivity contribution is -0.133. The van der Waals surface area contributed by atoms with Crippen molar-refractivity contribution in [1.29, 1.82) is 0 Å². The summed E-state index contributed by atoms with van der Waals surface area (Å²) in [5.74, 6) is 0.490.